The number of carboxylic acid groups (broad SMARTS) is 1. The van der Waals surface area contributed by atoms with Crippen LogP contribution in [0.5, 0.6) is 0 Å². The number of allylic oxidation sites excluding steroid dienone is 1. The first-order chi connectivity index (χ1) is 20.9. The molecule has 0 heterocycles. The second-order valence-electron chi connectivity index (χ2n) is 13.0. The van der Waals surface area contributed by atoms with Gasteiger partial charge in [-0.05, 0) is 32.6 Å². The zero-order valence-electron chi connectivity index (χ0n) is 29.1. The van der Waals surface area contributed by atoms with Crippen LogP contribution in [0.2, 0.25) is 0 Å². The van der Waals surface area contributed by atoms with Gasteiger partial charge in [-0.15, -0.1) is 0 Å². The first kappa shape index (κ1) is 41.4. The lowest BCUT2D eigenvalue weighted by Gasteiger charge is -2.13. The van der Waals surface area contributed by atoms with E-state index < -0.39 is 11.9 Å². The third kappa shape index (κ3) is 27.7. The first-order valence-corrected chi connectivity index (χ1v) is 18.8. The largest absolute Gasteiger partial charge is 0.478 e. The molecule has 0 rings (SSSR count). The van der Waals surface area contributed by atoms with E-state index in [0.29, 0.717) is 24.2 Å². The van der Waals surface area contributed by atoms with Crippen LogP contribution in [-0.2, 0) is 14.3 Å². The van der Waals surface area contributed by atoms with Gasteiger partial charge in [-0.2, -0.15) is 0 Å². The van der Waals surface area contributed by atoms with E-state index in [1.165, 1.54) is 141 Å². The van der Waals surface area contributed by atoms with Crippen LogP contribution in [0.4, 0.5) is 0 Å². The predicted molar refractivity (Wildman–Crippen MR) is 185 cm³/mol. The van der Waals surface area contributed by atoms with Crippen LogP contribution in [0, 0.1) is 0 Å². The minimum Gasteiger partial charge on any atom is -0.478 e. The Bertz CT molecular complexity index is 708. The number of aliphatic carboxylic acids is 1. The van der Waals surface area contributed by atoms with E-state index in [4.69, 9.17) is 4.74 Å². The van der Waals surface area contributed by atoms with Gasteiger partial charge in [-0.1, -0.05) is 187 Å². The molecule has 4 heteroatoms. The van der Waals surface area contributed by atoms with Crippen molar-refractivity contribution in [2.75, 3.05) is 0 Å². The number of esters is 1. The van der Waals surface area contributed by atoms with E-state index in [-0.39, 0.29) is 5.57 Å². The Labute approximate surface area is 267 Å². The van der Waals surface area contributed by atoms with Crippen molar-refractivity contribution >= 4 is 11.9 Å². The number of carbonyl (C=O) groups excluding carboxylic acids is 1. The molecule has 0 saturated carbocycles. The quantitative estimate of drug-likeness (QED) is 0.0350. The number of carbonyl (C=O) groups is 2. The highest BCUT2D eigenvalue weighted by Crippen LogP contribution is 2.23. The SMILES string of the molecule is C=C(C)OC(=O)/C(CCCCCCCCCCCCCCCC)=C(/CCCCCCCCCCCCCCCC)C(=O)O. The summed E-state index contributed by atoms with van der Waals surface area (Å²) in [4.78, 5) is 25.0. The van der Waals surface area contributed by atoms with Crippen molar-refractivity contribution in [3.05, 3.63) is 23.5 Å². The Hall–Kier alpha value is -1.58. The maximum atomic E-state index is 12.8. The predicted octanol–water partition coefficient (Wildman–Crippen LogP) is 13.2. The summed E-state index contributed by atoms with van der Waals surface area (Å²) in [5.41, 5.74) is 0.601. The molecule has 0 unspecified atom stereocenters. The molecular weight excluding hydrogens is 532 g/mol. The van der Waals surface area contributed by atoms with Crippen molar-refractivity contribution in [3.8, 4) is 0 Å². The molecule has 0 aromatic rings. The van der Waals surface area contributed by atoms with Crippen LogP contribution in [0.1, 0.15) is 213 Å². The summed E-state index contributed by atoms with van der Waals surface area (Å²) in [6, 6.07) is 0. The maximum absolute atomic E-state index is 12.8. The Morgan fingerprint density at radius 1 is 0.465 bits per heavy atom. The minimum atomic E-state index is -0.978. The summed E-state index contributed by atoms with van der Waals surface area (Å²) in [5, 5.41) is 9.96. The van der Waals surface area contributed by atoms with Crippen molar-refractivity contribution in [1.29, 1.82) is 0 Å². The van der Waals surface area contributed by atoms with Gasteiger partial charge < -0.3 is 9.84 Å². The third-order valence-electron chi connectivity index (χ3n) is 8.70. The minimum absolute atomic E-state index is 0.250. The molecule has 0 atom stereocenters. The molecule has 0 aliphatic heterocycles. The lowest BCUT2D eigenvalue weighted by molar-refractivity contribution is -0.137. The van der Waals surface area contributed by atoms with Gasteiger partial charge in [0.25, 0.3) is 0 Å². The van der Waals surface area contributed by atoms with E-state index in [1.807, 2.05) is 0 Å². The van der Waals surface area contributed by atoms with Gasteiger partial charge in [0.05, 0.1) is 5.76 Å². The molecule has 0 amide bonds. The van der Waals surface area contributed by atoms with E-state index in [0.717, 1.165) is 38.5 Å². The molecule has 0 aliphatic rings. The number of hydrogen-bond acceptors (Lipinski definition) is 3. The van der Waals surface area contributed by atoms with Crippen LogP contribution < -0.4 is 0 Å². The monoisotopic (exact) mass is 605 g/mol. The molecule has 0 radical (unpaired) electrons. The number of unbranched alkanes of at least 4 members (excludes halogenated alkanes) is 26. The van der Waals surface area contributed by atoms with Crippen molar-refractivity contribution in [2.24, 2.45) is 0 Å². The molecule has 0 aliphatic carbocycles. The van der Waals surface area contributed by atoms with Crippen molar-refractivity contribution in [1.82, 2.24) is 0 Å². The molecular formula is C39H72O4. The number of rotatable bonds is 33. The topological polar surface area (TPSA) is 63.6 Å². The van der Waals surface area contributed by atoms with Gasteiger partial charge in [0.1, 0.15) is 0 Å². The summed E-state index contributed by atoms with van der Waals surface area (Å²) < 4.78 is 5.28. The Morgan fingerprint density at radius 2 is 0.721 bits per heavy atom. The zero-order chi connectivity index (χ0) is 31.8. The first-order valence-electron chi connectivity index (χ1n) is 18.8. The summed E-state index contributed by atoms with van der Waals surface area (Å²) in [5.74, 6) is -1.19. The van der Waals surface area contributed by atoms with Gasteiger partial charge in [0.15, 0.2) is 0 Å². The molecule has 0 aromatic carbocycles. The molecule has 0 spiro atoms. The maximum Gasteiger partial charge on any atom is 0.339 e. The van der Waals surface area contributed by atoms with E-state index in [9.17, 15) is 14.7 Å². The molecule has 1 N–H and O–H groups in total. The average molecular weight is 605 g/mol. The van der Waals surface area contributed by atoms with Crippen LogP contribution in [-0.4, -0.2) is 17.0 Å². The zero-order valence-corrected chi connectivity index (χ0v) is 29.1. The van der Waals surface area contributed by atoms with Crippen LogP contribution in [0.25, 0.3) is 0 Å². The summed E-state index contributed by atoms with van der Waals surface area (Å²) >= 11 is 0. The smallest absolute Gasteiger partial charge is 0.339 e. The molecule has 0 saturated heterocycles. The summed E-state index contributed by atoms with van der Waals surface area (Å²) in [7, 11) is 0. The Morgan fingerprint density at radius 3 is 0.977 bits per heavy atom. The van der Waals surface area contributed by atoms with Crippen molar-refractivity contribution in [3.63, 3.8) is 0 Å². The van der Waals surface area contributed by atoms with Crippen LogP contribution >= 0.6 is 0 Å². The average Bonchev–Trinajstić information content (AvgIpc) is 2.97. The third-order valence-corrected chi connectivity index (χ3v) is 8.70. The van der Waals surface area contributed by atoms with Gasteiger partial charge in [-0.25, -0.2) is 9.59 Å². The van der Waals surface area contributed by atoms with E-state index in [1.54, 1.807) is 6.92 Å². The highest BCUT2D eigenvalue weighted by Gasteiger charge is 2.21. The second kappa shape index (κ2) is 31.8. The van der Waals surface area contributed by atoms with E-state index >= 15 is 0 Å². The molecule has 4 nitrogen and oxygen atoms in total. The van der Waals surface area contributed by atoms with E-state index in [2.05, 4.69) is 20.4 Å². The van der Waals surface area contributed by atoms with Gasteiger partial charge in [-0.3, -0.25) is 0 Å². The molecule has 0 bridgehead atoms. The molecule has 252 valence electrons. The lowest BCUT2D eigenvalue weighted by Crippen LogP contribution is -2.14. The number of hydrogen-bond donors (Lipinski definition) is 1. The molecule has 43 heavy (non-hydrogen) atoms. The second-order valence-corrected chi connectivity index (χ2v) is 13.0. The van der Waals surface area contributed by atoms with Crippen LogP contribution in [0.3, 0.4) is 0 Å². The van der Waals surface area contributed by atoms with Crippen molar-refractivity contribution in [2.45, 2.75) is 213 Å². The molecule has 0 aromatic heterocycles. The fourth-order valence-corrected chi connectivity index (χ4v) is 5.98. The fraction of sp³-hybridized carbons (Fsp3) is 0.846. The molecule has 0 fully saturated rings. The highest BCUT2D eigenvalue weighted by molar-refractivity contribution is 5.99. The lowest BCUT2D eigenvalue weighted by atomic mass is 9.96. The van der Waals surface area contributed by atoms with Gasteiger partial charge in [0.2, 0.25) is 0 Å². The normalized spacial score (nSPS) is 11.9. The fourth-order valence-electron chi connectivity index (χ4n) is 5.98. The summed E-state index contributed by atoms with van der Waals surface area (Å²) in [6.45, 7) is 9.85. The van der Waals surface area contributed by atoms with Crippen molar-refractivity contribution < 1.29 is 19.4 Å². The standard InChI is InChI=1S/C39H72O4/c1-5-7-9-11-13-15-17-19-21-23-25-27-29-31-33-36(38(40)41)37(39(42)43-35(3)4)34-32-30-28-26-24-22-20-18-16-14-12-10-8-6-2/h3,5-34H2,1-2,4H3,(H,40,41)/b37-36-. The van der Waals surface area contributed by atoms with Crippen LogP contribution in [0.15, 0.2) is 23.5 Å². The Kier molecular flexibility index (Phi) is 30.7. The highest BCUT2D eigenvalue weighted by atomic mass is 16.5. The van der Waals surface area contributed by atoms with Gasteiger partial charge in [0, 0.05) is 11.1 Å². The summed E-state index contributed by atoms with van der Waals surface area (Å²) in [6.07, 6.45) is 36.4. The number of ether oxygens (including phenoxy) is 1. The number of carboxylic acids is 1. The van der Waals surface area contributed by atoms with Gasteiger partial charge >= 0.3 is 11.9 Å². The Balaban J connectivity index is 4.26.